The summed E-state index contributed by atoms with van der Waals surface area (Å²) in [6.07, 6.45) is -5.89. The zero-order chi connectivity index (χ0) is 23.9. The number of aryl methyl sites for hydroxylation is 1. The van der Waals surface area contributed by atoms with E-state index in [-0.39, 0.29) is 31.3 Å². The molecule has 4 rings (SSSR count). The maximum atomic E-state index is 13.2. The van der Waals surface area contributed by atoms with Crippen LogP contribution in [0.3, 0.4) is 0 Å². The third kappa shape index (κ3) is 4.43. The third-order valence-electron chi connectivity index (χ3n) is 5.74. The standard InChI is InChI=1S/C22H20F3N3O5/c1-12-3-2-4-16-17(12)18(28(20(16)30)14-10-27(11-14)21(31)32)19(29)26-9-13-5-7-15(8-6-13)33-22(23,24)25/h2-8,14,18H,9-11H2,1H3,(H,26,29)(H,31,32). The highest BCUT2D eigenvalue weighted by atomic mass is 19.4. The number of rotatable bonds is 5. The fraction of sp³-hybridized carbons (Fsp3) is 0.318. The summed E-state index contributed by atoms with van der Waals surface area (Å²) in [5.41, 5.74) is 2.27. The van der Waals surface area contributed by atoms with Crippen molar-refractivity contribution in [3.8, 4) is 5.75 Å². The number of carboxylic acid groups (broad SMARTS) is 1. The van der Waals surface area contributed by atoms with E-state index < -0.39 is 30.4 Å². The number of carbonyl (C=O) groups is 3. The van der Waals surface area contributed by atoms with Crippen molar-refractivity contribution in [3.05, 3.63) is 64.7 Å². The van der Waals surface area contributed by atoms with E-state index in [1.165, 1.54) is 17.0 Å². The highest BCUT2D eigenvalue weighted by Gasteiger charge is 2.49. The van der Waals surface area contributed by atoms with Gasteiger partial charge in [-0.05, 0) is 41.8 Å². The Labute approximate surface area is 186 Å². The number of benzene rings is 2. The van der Waals surface area contributed by atoms with E-state index in [9.17, 15) is 27.6 Å². The molecule has 2 aliphatic rings. The van der Waals surface area contributed by atoms with Gasteiger partial charge in [0.1, 0.15) is 11.8 Å². The summed E-state index contributed by atoms with van der Waals surface area (Å²) in [6, 6.07) is 8.88. The van der Waals surface area contributed by atoms with Gasteiger partial charge in [0.25, 0.3) is 5.91 Å². The number of hydrogen-bond acceptors (Lipinski definition) is 4. The first-order valence-electron chi connectivity index (χ1n) is 10.1. The summed E-state index contributed by atoms with van der Waals surface area (Å²) >= 11 is 0. The number of halogens is 3. The van der Waals surface area contributed by atoms with E-state index in [0.29, 0.717) is 16.7 Å². The second-order valence-electron chi connectivity index (χ2n) is 7.90. The van der Waals surface area contributed by atoms with E-state index in [4.69, 9.17) is 5.11 Å². The molecule has 33 heavy (non-hydrogen) atoms. The van der Waals surface area contributed by atoms with Crippen LogP contribution < -0.4 is 10.1 Å². The van der Waals surface area contributed by atoms with Crippen molar-refractivity contribution < 1.29 is 37.4 Å². The van der Waals surface area contributed by atoms with E-state index in [1.54, 1.807) is 25.1 Å². The van der Waals surface area contributed by atoms with Gasteiger partial charge in [-0.3, -0.25) is 9.59 Å². The molecule has 0 aliphatic carbocycles. The third-order valence-corrected chi connectivity index (χ3v) is 5.74. The Bertz CT molecular complexity index is 1100. The predicted octanol–water partition coefficient (Wildman–Crippen LogP) is 3.07. The van der Waals surface area contributed by atoms with Crippen LogP contribution in [0.4, 0.5) is 18.0 Å². The molecule has 2 aromatic carbocycles. The maximum Gasteiger partial charge on any atom is 0.573 e. The fourth-order valence-electron chi connectivity index (χ4n) is 4.14. The van der Waals surface area contributed by atoms with Gasteiger partial charge in [0.15, 0.2) is 0 Å². The first-order valence-corrected chi connectivity index (χ1v) is 10.1. The van der Waals surface area contributed by atoms with Gasteiger partial charge in [-0.15, -0.1) is 13.2 Å². The van der Waals surface area contributed by atoms with Crippen LogP contribution >= 0.6 is 0 Å². The minimum Gasteiger partial charge on any atom is -0.465 e. The molecule has 0 radical (unpaired) electrons. The number of nitrogens with zero attached hydrogens (tertiary/aromatic N) is 2. The lowest BCUT2D eigenvalue weighted by atomic mass is 9.97. The molecule has 2 aromatic rings. The van der Waals surface area contributed by atoms with Crippen LogP contribution in [0.15, 0.2) is 42.5 Å². The van der Waals surface area contributed by atoms with Gasteiger partial charge < -0.3 is 25.0 Å². The molecule has 0 spiro atoms. The molecular formula is C22H20F3N3O5. The molecule has 1 saturated heterocycles. The van der Waals surface area contributed by atoms with E-state index in [2.05, 4.69) is 10.1 Å². The Balaban J connectivity index is 1.51. The highest BCUT2D eigenvalue weighted by Crippen LogP contribution is 2.39. The molecule has 3 amide bonds. The summed E-state index contributed by atoms with van der Waals surface area (Å²) in [5.74, 6) is -1.17. The zero-order valence-corrected chi connectivity index (χ0v) is 17.4. The largest absolute Gasteiger partial charge is 0.573 e. The average Bonchev–Trinajstić information content (AvgIpc) is 2.99. The normalized spacial score (nSPS) is 18.1. The predicted molar refractivity (Wildman–Crippen MR) is 108 cm³/mol. The van der Waals surface area contributed by atoms with Gasteiger partial charge in [0, 0.05) is 25.2 Å². The molecule has 0 aromatic heterocycles. The molecule has 0 bridgehead atoms. The minimum atomic E-state index is -4.79. The van der Waals surface area contributed by atoms with Crippen molar-refractivity contribution in [1.29, 1.82) is 0 Å². The molecular weight excluding hydrogens is 443 g/mol. The van der Waals surface area contributed by atoms with Crippen molar-refractivity contribution in [3.63, 3.8) is 0 Å². The van der Waals surface area contributed by atoms with Crippen molar-refractivity contribution in [2.75, 3.05) is 13.1 Å². The molecule has 1 atom stereocenters. The fourth-order valence-corrected chi connectivity index (χ4v) is 4.14. The van der Waals surface area contributed by atoms with Crippen LogP contribution in [-0.2, 0) is 11.3 Å². The molecule has 174 valence electrons. The van der Waals surface area contributed by atoms with E-state index in [0.717, 1.165) is 22.6 Å². The molecule has 1 fully saturated rings. The molecule has 11 heteroatoms. The maximum absolute atomic E-state index is 13.2. The monoisotopic (exact) mass is 463 g/mol. The second-order valence-corrected chi connectivity index (χ2v) is 7.90. The van der Waals surface area contributed by atoms with Crippen molar-refractivity contribution in [1.82, 2.24) is 15.1 Å². The number of hydrogen-bond donors (Lipinski definition) is 2. The van der Waals surface area contributed by atoms with E-state index in [1.807, 2.05) is 0 Å². The van der Waals surface area contributed by atoms with Gasteiger partial charge in [-0.25, -0.2) is 4.79 Å². The quantitative estimate of drug-likeness (QED) is 0.710. The Kier molecular flexibility index (Phi) is 5.64. The molecule has 0 saturated carbocycles. The first kappa shape index (κ1) is 22.4. The molecule has 8 nitrogen and oxygen atoms in total. The lowest BCUT2D eigenvalue weighted by Crippen LogP contribution is -2.62. The lowest BCUT2D eigenvalue weighted by Gasteiger charge is -2.44. The SMILES string of the molecule is Cc1cccc2c1C(C(=O)NCc1ccc(OC(F)(F)F)cc1)N(C1CN(C(=O)O)C1)C2=O. The summed E-state index contributed by atoms with van der Waals surface area (Å²) in [4.78, 5) is 40.0. The van der Waals surface area contributed by atoms with Gasteiger partial charge >= 0.3 is 12.5 Å². The number of alkyl halides is 3. The van der Waals surface area contributed by atoms with Crippen LogP contribution in [0.5, 0.6) is 5.75 Å². The Morgan fingerprint density at radius 1 is 1.15 bits per heavy atom. The summed E-state index contributed by atoms with van der Waals surface area (Å²) in [5, 5.41) is 11.9. The second kappa shape index (κ2) is 8.30. The van der Waals surface area contributed by atoms with Crippen LogP contribution in [0.1, 0.15) is 33.1 Å². The molecule has 2 aliphatic heterocycles. The van der Waals surface area contributed by atoms with Crippen LogP contribution in [-0.4, -0.2) is 58.3 Å². The first-order chi connectivity index (χ1) is 15.5. The van der Waals surface area contributed by atoms with Gasteiger partial charge in [-0.1, -0.05) is 24.3 Å². The van der Waals surface area contributed by atoms with Crippen LogP contribution in [0, 0.1) is 6.92 Å². The average molecular weight is 463 g/mol. The zero-order valence-electron chi connectivity index (χ0n) is 17.4. The topological polar surface area (TPSA) is 99.2 Å². The van der Waals surface area contributed by atoms with Gasteiger partial charge in [0.2, 0.25) is 5.91 Å². The highest BCUT2D eigenvalue weighted by molar-refractivity contribution is 6.05. The summed E-state index contributed by atoms with van der Waals surface area (Å²) in [6.45, 7) is 2.04. The Hall–Kier alpha value is -3.76. The van der Waals surface area contributed by atoms with E-state index >= 15 is 0 Å². The van der Waals surface area contributed by atoms with Crippen molar-refractivity contribution in [2.24, 2.45) is 0 Å². The molecule has 2 heterocycles. The number of amides is 3. The summed E-state index contributed by atoms with van der Waals surface area (Å²) in [7, 11) is 0. The number of ether oxygens (including phenoxy) is 1. The Morgan fingerprint density at radius 2 is 1.82 bits per heavy atom. The number of carbonyl (C=O) groups excluding carboxylic acids is 2. The number of likely N-dealkylation sites (tertiary alicyclic amines) is 1. The lowest BCUT2D eigenvalue weighted by molar-refractivity contribution is -0.274. The number of nitrogens with one attached hydrogen (secondary N) is 1. The molecule has 2 N–H and O–H groups in total. The van der Waals surface area contributed by atoms with Gasteiger partial charge in [-0.2, -0.15) is 0 Å². The minimum absolute atomic E-state index is 0.0246. The van der Waals surface area contributed by atoms with Crippen molar-refractivity contribution >= 4 is 17.9 Å². The molecule has 1 unspecified atom stereocenters. The smallest absolute Gasteiger partial charge is 0.465 e. The number of fused-ring (bicyclic) bond motifs is 1. The summed E-state index contributed by atoms with van der Waals surface area (Å²) < 4.78 is 40.8. The van der Waals surface area contributed by atoms with Crippen LogP contribution in [0.2, 0.25) is 0 Å². The van der Waals surface area contributed by atoms with Crippen molar-refractivity contribution in [2.45, 2.75) is 31.9 Å². The van der Waals surface area contributed by atoms with Gasteiger partial charge in [0.05, 0.1) is 6.04 Å². The Morgan fingerprint density at radius 3 is 2.42 bits per heavy atom. The van der Waals surface area contributed by atoms with Crippen LogP contribution in [0.25, 0.3) is 0 Å².